The minimum Gasteiger partial charge on any atom is -0.878 e. The van der Waals surface area contributed by atoms with Crippen molar-refractivity contribution in [1.29, 1.82) is 0 Å². The van der Waals surface area contributed by atoms with Crippen LogP contribution in [-0.2, 0) is 9.59 Å². The van der Waals surface area contributed by atoms with Gasteiger partial charge in [-0.3, -0.25) is 4.79 Å². The summed E-state index contributed by atoms with van der Waals surface area (Å²) >= 11 is 0. The molecule has 0 aliphatic heterocycles. The smallest absolute Gasteiger partial charge is 0.376 e. The van der Waals surface area contributed by atoms with Gasteiger partial charge in [0, 0.05) is 0 Å². The van der Waals surface area contributed by atoms with Crippen molar-refractivity contribution in [2.45, 2.75) is 0 Å². The lowest BCUT2D eigenvalue weighted by Gasteiger charge is -1.83. The van der Waals surface area contributed by atoms with E-state index in [1.165, 1.54) is 0 Å². The molecule has 0 aliphatic rings. The molecule has 0 amide bonds. The first-order valence-electron chi connectivity index (χ1n) is 2.41. The van der Waals surface area contributed by atoms with Crippen molar-refractivity contribution in [2.24, 2.45) is 0 Å². The predicted octanol–water partition coefficient (Wildman–Crippen LogP) is -0.930. The van der Waals surface area contributed by atoms with Crippen LogP contribution >= 0.6 is 0 Å². The zero-order chi connectivity index (χ0) is 7.98. The highest BCUT2D eigenvalue weighted by atomic mass is 16.4. The van der Waals surface area contributed by atoms with E-state index in [1.54, 1.807) is 0 Å². The van der Waals surface area contributed by atoms with E-state index in [-0.39, 0.29) is 0 Å². The van der Waals surface area contributed by atoms with Gasteiger partial charge in [-0.05, 0) is 6.08 Å². The molecule has 0 saturated carbocycles. The quantitative estimate of drug-likeness (QED) is 0.238. The van der Waals surface area contributed by atoms with Crippen molar-refractivity contribution in [1.82, 2.24) is 0 Å². The molecule has 0 aromatic carbocycles. The summed E-state index contributed by atoms with van der Waals surface area (Å²) in [6, 6.07) is 0. The predicted molar refractivity (Wildman–Crippen MR) is 30.9 cm³/mol. The van der Waals surface area contributed by atoms with Crippen LogP contribution in [0.15, 0.2) is 24.5 Å². The molecule has 1 N–H and O–H groups in total. The number of allylic oxidation sites excluding steroid dienone is 2. The molecule has 0 rings (SSSR count). The number of carbonyl (C=O) groups is 2. The number of carboxylic acid groups (broad SMARTS) is 1. The molecule has 0 aromatic heterocycles. The van der Waals surface area contributed by atoms with Crippen molar-refractivity contribution in [3.05, 3.63) is 24.5 Å². The fraction of sp³-hybridized carbons (Fsp3) is 0. The third-order valence-corrected chi connectivity index (χ3v) is 0.648. The number of hydrogen-bond donors (Lipinski definition) is 1. The summed E-state index contributed by atoms with van der Waals surface area (Å²) in [5.74, 6) is -2.58. The Morgan fingerprint density at radius 2 is 1.90 bits per heavy atom. The molecule has 10 heavy (non-hydrogen) atoms. The van der Waals surface area contributed by atoms with Crippen molar-refractivity contribution in [3.63, 3.8) is 0 Å². The zero-order valence-electron chi connectivity index (χ0n) is 4.98. The van der Waals surface area contributed by atoms with Gasteiger partial charge in [0.1, 0.15) is 0 Å². The van der Waals surface area contributed by atoms with Gasteiger partial charge in [-0.25, -0.2) is 4.79 Å². The van der Waals surface area contributed by atoms with Crippen LogP contribution in [0.25, 0.3) is 0 Å². The van der Waals surface area contributed by atoms with Crippen LogP contribution in [0.5, 0.6) is 0 Å². The van der Waals surface area contributed by atoms with E-state index in [9.17, 15) is 14.7 Å². The molecule has 0 unspecified atom stereocenters. The van der Waals surface area contributed by atoms with Gasteiger partial charge < -0.3 is 10.2 Å². The van der Waals surface area contributed by atoms with Crippen LogP contribution in [0, 0.1) is 0 Å². The Bertz CT molecular complexity index is 190. The maximum absolute atomic E-state index is 10.2. The van der Waals surface area contributed by atoms with E-state index >= 15 is 0 Å². The van der Waals surface area contributed by atoms with Crippen molar-refractivity contribution in [2.75, 3.05) is 0 Å². The molecule has 54 valence electrons. The largest absolute Gasteiger partial charge is 0.878 e. The van der Waals surface area contributed by atoms with Crippen LogP contribution in [0.4, 0.5) is 0 Å². The van der Waals surface area contributed by atoms with Crippen molar-refractivity contribution < 1.29 is 19.8 Å². The lowest BCUT2D eigenvalue weighted by atomic mass is 10.3. The van der Waals surface area contributed by atoms with E-state index in [0.29, 0.717) is 6.26 Å². The third-order valence-electron chi connectivity index (χ3n) is 0.648. The highest BCUT2D eigenvalue weighted by Gasteiger charge is 2.03. The summed E-state index contributed by atoms with van der Waals surface area (Å²) in [5.41, 5.74) is 0. The Kier molecular flexibility index (Phi) is 3.63. The fourth-order valence-corrected chi connectivity index (χ4v) is 0.260. The van der Waals surface area contributed by atoms with Gasteiger partial charge in [-0.15, -0.1) is 6.26 Å². The molecule has 0 fully saturated rings. The van der Waals surface area contributed by atoms with Gasteiger partial charge in [0.15, 0.2) is 0 Å². The SMILES string of the molecule is O=C(O)C(=O)/C=C/C=C/[O-]. The Labute approximate surface area is 57.1 Å². The molecule has 0 aliphatic carbocycles. The minimum absolute atomic E-state index is 0.450. The number of carbonyl (C=O) groups excluding carboxylic acids is 1. The second-order valence-electron chi connectivity index (χ2n) is 1.36. The molecular weight excluding hydrogens is 136 g/mol. The lowest BCUT2D eigenvalue weighted by Crippen LogP contribution is -2.08. The highest BCUT2D eigenvalue weighted by molar-refractivity contribution is 6.37. The van der Waals surface area contributed by atoms with Gasteiger partial charge in [-0.1, -0.05) is 12.2 Å². The molecule has 0 saturated heterocycles. The van der Waals surface area contributed by atoms with E-state index < -0.39 is 11.8 Å². The molecule has 4 nitrogen and oxygen atoms in total. The first-order chi connectivity index (χ1) is 4.68. The summed E-state index contributed by atoms with van der Waals surface area (Å²) in [5, 5.41) is 17.6. The number of ketones is 1. The van der Waals surface area contributed by atoms with Crippen molar-refractivity contribution >= 4 is 11.8 Å². The topological polar surface area (TPSA) is 77.4 Å². The van der Waals surface area contributed by atoms with E-state index in [4.69, 9.17) is 5.11 Å². The number of aliphatic carboxylic acids is 1. The number of carboxylic acids is 1. The maximum Gasteiger partial charge on any atom is 0.376 e. The standard InChI is InChI=1S/C6H6O4/c7-4-2-1-3-5(8)6(9)10/h1-4,7H,(H,9,10)/p-1/b3-1+,4-2+. The van der Waals surface area contributed by atoms with Gasteiger partial charge in [0.25, 0.3) is 5.78 Å². The molecule has 0 aromatic rings. The zero-order valence-corrected chi connectivity index (χ0v) is 4.98. The molecular formula is C6H5O4-. The molecule has 0 atom stereocenters. The third kappa shape index (κ3) is 3.43. The van der Waals surface area contributed by atoms with Gasteiger partial charge in [0.05, 0.1) is 0 Å². The Morgan fingerprint density at radius 1 is 1.30 bits per heavy atom. The molecule has 4 heteroatoms. The average Bonchev–Trinajstić information content (AvgIpc) is 1.88. The maximum atomic E-state index is 10.2. The van der Waals surface area contributed by atoms with Gasteiger partial charge in [-0.2, -0.15) is 0 Å². The normalized spacial score (nSPS) is 10.8. The van der Waals surface area contributed by atoms with E-state index in [0.717, 1.165) is 18.2 Å². The summed E-state index contributed by atoms with van der Waals surface area (Å²) in [4.78, 5) is 20.0. The number of rotatable bonds is 3. The molecule has 0 heterocycles. The summed E-state index contributed by atoms with van der Waals surface area (Å²) in [7, 11) is 0. The van der Waals surface area contributed by atoms with Gasteiger partial charge in [0.2, 0.25) is 0 Å². The van der Waals surface area contributed by atoms with Crippen LogP contribution < -0.4 is 5.11 Å². The first kappa shape index (κ1) is 8.42. The van der Waals surface area contributed by atoms with E-state index in [2.05, 4.69) is 0 Å². The summed E-state index contributed by atoms with van der Waals surface area (Å²) < 4.78 is 0. The van der Waals surface area contributed by atoms with Crippen LogP contribution in [0.3, 0.4) is 0 Å². The van der Waals surface area contributed by atoms with E-state index in [1.807, 2.05) is 0 Å². The second-order valence-corrected chi connectivity index (χ2v) is 1.36. The fourth-order valence-electron chi connectivity index (χ4n) is 0.260. The van der Waals surface area contributed by atoms with Crippen LogP contribution in [0.1, 0.15) is 0 Å². The average molecular weight is 141 g/mol. The Balaban J connectivity index is 3.90. The Hall–Kier alpha value is -1.58. The molecule has 0 radical (unpaired) electrons. The van der Waals surface area contributed by atoms with Crippen molar-refractivity contribution in [3.8, 4) is 0 Å². The lowest BCUT2D eigenvalue weighted by molar-refractivity contribution is -0.274. The summed E-state index contributed by atoms with van der Waals surface area (Å²) in [6.45, 7) is 0. The van der Waals surface area contributed by atoms with Gasteiger partial charge >= 0.3 is 5.97 Å². The highest BCUT2D eigenvalue weighted by Crippen LogP contribution is 1.77. The Morgan fingerprint density at radius 3 is 2.30 bits per heavy atom. The summed E-state index contributed by atoms with van der Waals surface area (Å²) in [6.07, 6.45) is 3.35. The second kappa shape index (κ2) is 4.31. The van der Waals surface area contributed by atoms with Crippen LogP contribution in [0.2, 0.25) is 0 Å². The molecule has 0 bridgehead atoms. The number of hydrogen-bond acceptors (Lipinski definition) is 3. The first-order valence-corrected chi connectivity index (χ1v) is 2.41. The monoisotopic (exact) mass is 141 g/mol. The molecule has 0 spiro atoms. The minimum atomic E-state index is -1.53. The van der Waals surface area contributed by atoms with Crippen LogP contribution in [-0.4, -0.2) is 16.9 Å².